The summed E-state index contributed by atoms with van der Waals surface area (Å²) in [7, 11) is 4.12. The van der Waals surface area contributed by atoms with Crippen LogP contribution in [0, 0.1) is 22.7 Å². The van der Waals surface area contributed by atoms with Gasteiger partial charge in [-0.05, 0) is 62.1 Å². The van der Waals surface area contributed by atoms with Gasteiger partial charge < -0.3 is 19.7 Å². The molecule has 3 fully saturated rings. The van der Waals surface area contributed by atoms with E-state index >= 15 is 0 Å². The molecule has 1 aromatic rings. The first-order chi connectivity index (χ1) is 13.8. The highest BCUT2D eigenvalue weighted by Gasteiger charge is 2.68. The fourth-order valence-electron chi connectivity index (χ4n) is 6.48. The molecule has 5 heteroatoms. The van der Waals surface area contributed by atoms with Crippen LogP contribution in [0.25, 0.3) is 0 Å². The number of likely N-dealkylation sites (N-methyl/N-ethyl adjacent to an activating group) is 1. The number of carbonyl (C=O) groups excluding carboxylic acids is 1. The van der Waals surface area contributed by atoms with Crippen LogP contribution in [0.2, 0.25) is 0 Å². The molecule has 4 rings (SSSR count). The van der Waals surface area contributed by atoms with Gasteiger partial charge in [0.05, 0.1) is 6.10 Å². The normalized spacial score (nSPS) is 34.8. The van der Waals surface area contributed by atoms with Crippen molar-refractivity contribution < 1.29 is 14.3 Å². The quantitative estimate of drug-likeness (QED) is 0.792. The topological polar surface area (TPSA) is 50.8 Å². The number of nitrogens with zero attached hydrogens (tertiary/aromatic N) is 1. The highest BCUT2D eigenvalue weighted by atomic mass is 16.5. The summed E-state index contributed by atoms with van der Waals surface area (Å²) in [6.45, 7) is 8.62. The first-order valence-corrected chi connectivity index (χ1v) is 11.0. The summed E-state index contributed by atoms with van der Waals surface area (Å²) < 4.78 is 12.6. The van der Waals surface area contributed by atoms with Crippen molar-refractivity contribution in [2.75, 3.05) is 33.9 Å². The van der Waals surface area contributed by atoms with Gasteiger partial charge in [-0.1, -0.05) is 32.0 Å². The zero-order valence-electron chi connectivity index (χ0n) is 18.5. The van der Waals surface area contributed by atoms with Crippen LogP contribution in [0.4, 0.5) is 0 Å². The van der Waals surface area contributed by atoms with Crippen molar-refractivity contribution in [3.8, 4) is 5.75 Å². The Kier molecular flexibility index (Phi) is 5.41. The number of rotatable bonds is 6. The summed E-state index contributed by atoms with van der Waals surface area (Å²) >= 11 is 0. The Labute approximate surface area is 175 Å². The fourth-order valence-corrected chi connectivity index (χ4v) is 6.48. The van der Waals surface area contributed by atoms with Gasteiger partial charge in [-0.25, -0.2) is 0 Å². The summed E-state index contributed by atoms with van der Waals surface area (Å²) in [5, 5.41) is 3.36. The number of hydrogen-bond acceptors (Lipinski definition) is 4. The lowest BCUT2D eigenvalue weighted by Gasteiger charge is -2.53. The van der Waals surface area contributed by atoms with Crippen LogP contribution >= 0.6 is 0 Å². The minimum Gasteiger partial charge on any atom is -0.492 e. The molecule has 1 saturated heterocycles. The number of fused-ring (bicyclic) bond motifs is 1. The summed E-state index contributed by atoms with van der Waals surface area (Å²) in [6.07, 6.45) is 3.43. The molecule has 0 radical (unpaired) electrons. The van der Waals surface area contributed by atoms with E-state index in [1.165, 1.54) is 18.4 Å². The van der Waals surface area contributed by atoms with Gasteiger partial charge in [-0.15, -0.1) is 0 Å². The summed E-state index contributed by atoms with van der Waals surface area (Å²) in [4.78, 5) is 14.2. The van der Waals surface area contributed by atoms with E-state index in [1.807, 2.05) is 6.07 Å². The van der Waals surface area contributed by atoms with Crippen molar-refractivity contribution in [3.05, 3.63) is 29.8 Å². The highest BCUT2D eigenvalue weighted by Crippen LogP contribution is 2.70. The summed E-state index contributed by atoms with van der Waals surface area (Å²) in [5.74, 6) is 2.06. The Morgan fingerprint density at radius 3 is 2.79 bits per heavy atom. The predicted molar refractivity (Wildman–Crippen MR) is 114 cm³/mol. The van der Waals surface area contributed by atoms with E-state index in [2.05, 4.69) is 56.4 Å². The van der Waals surface area contributed by atoms with Crippen LogP contribution in [0.3, 0.4) is 0 Å². The van der Waals surface area contributed by atoms with Crippen molar-refractivity contribution in [2.24, 2.45) is 22.7 Å². The molecule has 5 atom stereocenters. The van der Waals surface area contributed by atoms with Crippen LogP contribution in [-0.4, -0.2) is 50.7 Å². The Morgan fingerprint density at radius 2 is 2.07 bits per heavy atom. The maximum Gasteiger partial charge on any atom is 0.217 e. The molecule has 2 saturated carbocycles. The number of hydrogen-bond donors (Lipinski definition) is 1. The first-order valence-electron chi connectivity index (χ1n) is 11.0. The van der Waals surface area contributed by atoms with E-state index in [0.717, 1.165) is 25.3 Å². The molecule has 1 amide bonds. The van der Waals surface area contributed by atoms with Crippen LogP contribution in [0.15, 0.2) is 24.3 Å². The molecule has 1 aromatic carbocycles. The zero-order chi connectivity index (χ0) is 20.8. The minimum absolute atomic E-state index is 0.0386. The Bertz CT molecular complexity index is 762. The lowest BCUT2D eigenvalue weighted by molar-refractivity contribution is -0.136. The van der Waals surface area contributed by atoms with E-state index < -0.39 is 0 Å². The lowest BCUT2D eigenvalue weighted by Crippen LogP contribution is -2.58. The molecule has 2 bridgehead atoms. The van der Waals surface area contributed by atoms with Gasteiger partial charge in [0.25, 0.3) is 0 Å². The van der Waals surface area contributed by atoms with Gasteiger partial charge in [0.15, 0.2) is 0 Å². The van der Waals surface area contributed by atoms with Gasteiger partial charge in [0.2, 0.25) is 5.91 Å². The van der Waals surface area contributed by atoms with Crippen molar-refractivity contribution in [3.63, 3.8) is 0 Å². The average Bonchev–Trinajstić information content (AvgIpc) is 3.14. The SMILES string of the molecule is CC(=O)N[C@H]1C(C)(C)[C@@H]2C[C@@H]3[C@@H](c4ccccc4OCCN(C)C)OCCC31C2. The molecule has 1 heterocycles. The number of para-hydroxylation sites is 1. The van der Waals surface area contributed by atoms with E-state index in [1.54, 1.807) is 6.92 Å². The first kappa shape index (κ1) is 20.7. The van der Waals surface area contributed by atoms with Gasteiger partial charge in [0.1, 0.15) is 12.4 Å². The van der Waals surface area contributed by atoms with E-state index in [0.29, 0.717) is 18.4 Å². The molecule has 1 unspecified atom stereocenters. The largest absolute Gasteiger partial charge is 0.492 e. The highest BCUT2D eigenvalue weighted by molar-refractivity contribution is 5.73. The molecule has 2 aliphatic carbocycles. The Balaban J connectivity index is 1.63. The molecular weight excluding hydrogens is 364 g/mol. The number of amides is 1. The second-order valence-electron chi connectivity index (χ2n) is 10.2. The van der Waals surface area contributed by atoms with Crippen LogP contribution in [0.1, 0.15) is 51.7 Å². The van der Waals surface area contributed by atoms with Gasteiger partial charge >= 0.3 is 0 Å². The van der Waals surface area contributed by atoms with Crippen molar-refractivity contribution >= 4 is 5.91 Å². The van der Waals surface area contributed by atoms with Crippen LogP contribution < -0.4 is 10.1 Å². The second kappa shape index (κ2) is 7.59. The fraction of sp³-hybridized carbons (Fsp3) is 0.708. The third-order valence-electron chi connectivity index (χ3n) is 7.87. The molecule has 1 spiro atoms. The Morgan fingerprint density at radius 1 is 1.31 bits per heavy atom. The molecule has 1 N–H and O–H groups in total. The standard InChI is InChI=1S/C24H36N2O3/c1-16(27)25-22-23(2,3)17-14-19-21(29-12-10-24(19,22)15-17)18-8-6-7-9-20(18)28-13-11-26(4)5/h6-9,17,19,21-22H,10-15H2,1-5H3,(H,25,27)/t17-,19-,21-,22+,24?/m1/s1. The third kappa shape index (κ3) is 3.46. The van der Waals surface area contributed by atoms with E-state index in [4.69, 9.17) is 9.47 Å². The number of nitrogens with one attached hydrogen (secondary N) is 1. The molecule has 5 nitrogen and oxygen atoms in total. The third-order valence-corrected chi connectivity index (χ3v) is 7.87. The van der Waals surface area contributed by atoms with Gasteiger partial charge in [0, 0.05) is 31.7 Å². The lowest BCUT2D eigenvalue weighted by atomic mass is 9.58. The molecular formula is C24H36N2O3. The van der Waals surface area contributed by atoms with Crippen molar-refractivity contribution in [1.29, 1.82) is 0 Å². The smallest absolute Gasteiger partial charge is 0.217 e. The molecule has 3 aliphatic rings. The predicted octanol–water partition coefficient (Wildman–Crippen LogP) is 3.65. The number of carbonyl (C=O) groups is 1. The molecule has 160 valence electrons. The summed E-state index contributed by atoms with van der Waals surface area (Å²) in [6, 6.07) is 8.57. The van der Waals surface area contributed by atoms with Gasteiger partial charge in [-0.2, -0.15) is 0 Å². The molecule has 1 aliphatic heterocycles. The maximum absolute atomic E-state index is 12.0. The monoisotopic (exact) mass is 400 g/mol. The van der Waals surface area contributed by atoms with Gasteiger partial charge in [-0.3, -0.25) is 4.79 Å². The number of ether oxygens (including phenoxy) is 2. The second-order valence-corrected chi connectivity index (χ2v) is 10.2. The number of benzene rings is 1. The summed E-state index contributed by atoms with van der Waals surface area (Å²) in [5.41, 5.74) is 1.42. The average molecular weight is 401 g/mol. The minimum atomic E-state index is 0.0386. The Hall–Kier alpha value is -1.59. The van der Waals surface area contributed by atoms with E-state index in [9.17, 15) is 4.79 Å². The van der Waals surface area contributed by atoms with Crippen molar-refractivity contribution in [2.45, 2.75) is 52.2 Å². The zero-order valence-corrected chi connectivity index (χ0v) is 18.5. The van der Waals surface area contributed by atoms with Crippen molar-refractivity contribution in [1.82, 2.24) is 10.2 Å². The van der Waals surface area contributed by atoms with E-state index in [-0.39, 0.29) is 28.9 Å². The van der Waals surface area contributed by atoms with Crippen LogP contribution in [0.5, 0.6) is 5.75 Å². The molecule has 29 heavy (non-hydrogen) atoms. The molecule has 0 aromatic heterocycles. The maximum atomic E-state index is 12.0. The van der Waals surface area contributed by atoms with Crippen LogP contribution in [-0.2, 0) is 9.53 Å².